The SMILES string of the molecule is N#Cc1ccc(-c2cccc(-c3nc(-c4ccc5ccccc5c4)nc(-c4ccc5c(c4)oc4cccc(-c6ccc(-c7ccccc7)cc6)c45)n3)c2)cc1. The maximum atomic E-state index is 9.31. The zero-order chi connectivity index (χ0) is 36.7. The number of hydrogen-bond acceptors (Lipinski definition) is 5. The maximum Gasteiger partial charge on any atom is 0.164 e. The van der Waals surface area contributed by atoms with Crippen molar-refractivity contribution in [3.8, 4) is 73.6 Å². The van der Waals surface area contributed by atoms with Crippen LogP contribution in [0.4, 0.5) is 0 Å². The predicted molar refractivity (Wildman–Crippen MR) is 222 cm³/mol. The number of fused-ring (bicyclic) bond motifs is 4. The van der Waals surface area contributed by atoms with Gasteiger partial charge in [-0.25, -0.2) is 15.0 Å². The van der Waals surface area contributed by atoms with E-state index in [0.717, 1.165) is 71.7 Å². The number of nitrogens with zero attached hydrogens (tertiary/aromatic N) is 4. The lowest BCUT2D eigenvalue weighted by atomic mass is 9.96. The summed E-state index contributed by atoms with van der Waals surface area (Å²) in [5.74, 6) is 1.70. The molecule has 0 unspecified atom stereocenters. The second kappa shape index (κ2) is 13.4. The summed E-state index contributed by atoms with van der Waals surface area (Å²) in [6.07, 6.45) is 0. The lowest BCUT2D eigenvalue weighted by molar-refractivity contribution is 0.669. The zero-order valence-corrected chi connectivity index (χ0v) is 29.5. The molecule has 0 fully saturated rings. The summed E-state index contributed by atoms with van der Waals surface area (Å²) in [4.78, 5) is 15.2. The monoisotopic (exact) mass is 702 g/mol. The van der Waals surface area contributed by atoms with Crippen LogP contribution >= 0.6 is 0 Å². The van der Waals surface area contributed by atoms with E-state index in [1.54, 1.807) is 0 Å². The highest BCUT2D eigenvalue weighted by molar-refractivity contribution is 6.13. The Morgan fingerprint density at radius 3 is 1.69 bits per heavy atom. The number of aromatic nitrogens is 3. The minimum absolute atomic E-state index is 0.552. The van der Waals surface area contributed by atoms with Crippen LogP contribution in [0.2, 0.25) is 0 Å². The molecule has 55 heavy (non-hydrogen) atoms. The summed E-state index contributed by atoms with van der Waals surface area (Å²) in [7, 11) is 0. The van der Waals surface area contributed by atoms with Crippen molar-refractivity contribution in [3.63, 3.8) is 0 Å². The first-order valence-electron chi connectivity index (χ1n) is 18.1. The molecule has 10 aromatic rings. The van der Waals surface area contributed by atoms with Crippen molar-refractivity contribution in [1.82, 2.24) is 15.0 Å². The highest BCUT2D eigenvalue weighted by Crippen LogP contribution is 2.39. The minimum Gasteiger partial charge on any atom is -0.456 e. The summed E-state index contributed by atoms with van der Waals surface area (Å²) in [6.45, 7) is 0. The summed E-state index contributed by atoms with van der Waals surface area (Å²) in [5.41, 5.74) is 11.4. The standard InChI is InChI=1S/C50H30N4O/c51-31-32-16-18-36(19-17-32)39-12-6-13-40(28-39)48-52-49(41-25-22-34-10-4-5-11-38(34)29-41)54-50(53-48)42-26-27-44-46(30-42)55-45-15-7-14-43(47(44)45)37-23-20-35(21-24-37)33-8-2-1-3-9-33/h1-30H. The molecule has 256 valence electrons. The van der Waals surface area contributed by atoms with E-state index in [0.29, 0.717) is 23.0 Å². The number of hydrogen-bond donors (Lipinski definition) is 0. The molecule has 0 bridgehead atoms. The first-order valence-corrected chi connectivity index (χ1v) is 18.1. The lowest BCUT2D eigenvalue weighted by Gasteiger charge is -2.10. The van der Waals surface area contributed by atoms with E-state index in [1.807, 2.05) is 72.8 Å². The lowest BCUT2D eigenvalue weighted by Crippen LogP contribution is -2.00. The summed E-state index contributed by atoms with van der Waals surface area (Å²) >= 11 is 0. The number of furan rings is 1. The molecule has 2 heterocycles. The van der Waals surface area contributed by atoms with E-state index >= 15 is 0 Å². The predicted octanol–water partition coefficient (Wildman–Crippen LogP) is 12.8. The van der Waals surface area contributed by atoms with E-state index in [-0.39, 0.29) is 0 Å². The van der Waals surface area contributed by atoms with E-state index in [9.17, 15) is 5.26 Å². The highest BCUT2D eigenvalue weighted by atomic mass is 16.3. The number of benzene rings is 8. The molecule has 0 saturated heterocycles. The third-order valence-electron chi connectivity index (χ3n) is 10.2. The van der Waals surface area contributed by atoms with Gasteiger partial charge in [-0.05, 0) is 86.6 Å². The molecule has 5 nitrogen and oxygen atoms in total. The van der Waals surface area contributed by atoms with Gasteiger partial charge in [0.2, 0.25) is 0 Å². The third kappa shape index (κ3) is 5.98. The Balaban J connectivity index is 1.09. The van der Waals surface area contributed by atoms with Gasteiger partial charge in [-0.15, -0.1) is 0 Å². The fourth-order valence-corrected chi connectivity index (χ4v) is 7.34. The molecule has 0 radical (unpaired) electrons. The number of nitriles is 1. The molecular formula is C50H30N4O. The van der Waals surface area contributed by atoms with Gasteiger partial charge in [0.15, 0.2) is 17.5 Å². The van der Waals surface area contributed by atoms with Crippen molar-refractivity contribution in [3.05, 3.63) is 188 Å². The minimum atomic E-state index is 0.552. The van der Waals surface area contributed by atoms with Gasteiger partial charge in [0, 0.05) is 27.5 Å². The molecule has 0 atom stereocenters. The van der Waals surface area contributed by atoms with Gasteiger partial charge in [0.25, 0.3) is 0 Å². The van der Waals surface area contributed by atoms with Crippen LogP contribution in [-0.2, 0) is 0 Å². The topological polar surface area (TPSA) is 75.6 Å². The van der Waals surface area contributed by atoms with Crippen LogP contribution < -0.4 is 0 Å². The maximum absolute atomic E-state index is 9.31. The second-order valence-corrected chi connectivity index (χ2v) is 13.6. The van der Waals surface area contributed by atoms with Crippen LogP contribution in [-0.4, -0.2) is 15.0 Å². The van der Waals surface area contributed by atoms with Gasteiger partial charge in [0.1, 0.15) is 11.2 Å². The van der Waals surface area contributed by atoms with Crippen molar-refractivity contribution in [2.75, 3.05) is 0 Å². The fourth-order valence-electron chi connectivity index (χ4n) is 7.34. The molecule has 0 aliphatic rings. The normalized spacial score (nSPS) is 11.3. The van der Waals surface area contributed by atoms with Crippen molar-refractivity contribution >= 4 is 32.7 Å². The van der Waals surface area contributed by atoms with E-state index in [4.69, 9.17) is 19.4 Å². The zero-order valence-electron chi connectivity index (χ0n) is 29.5. The molecular weight excluding hydrogens is 673 g/mol. The Morgan fingerprint density at radius 2 is 0.927 bits per heavy atom. The van der Waals surface area contributed by atoms with Crippen LogP contribution in [0.3, 0.4) is 0 Å². The van der Waals surface area contributed by atoms with E-state index in [2.05, 4.69) is 115 Å². The average Bonchev–Trinajstić information content (AvgIpc) is 3.65. The number of rotatable bonds is 6. The van der Waals surface area contributed by atoms with E-state index in [1.165, 1.54) is 11.1 Å². The molecule has 0 N–H and O–H groups in total. The fraction of sp³-hybridized carbons (Fsp3) is 0. The highest BCUT2D eigenvalue weighted by Gasteiger charge is 2.17. The second-order valence-electron chi connectivity index (χ2n) is 13.6. The van der Waals surface area contributed by atoms with Crippen LogP contribution in [0.1, 0.15) is 5.56 Å². The van der Waals surface area contributed by atoms with E-state index < -0.39 is 0 Å². The molecule has 8 aromatic carbocycles. The molecule has 0 aliphatic heterocycles. The van der Waals surface area contributed by atoms with Gasteiger partial charge in [-0.1, -0.05) is 140 Å². The van der Waals surface area contributed by atoms with Crippen LogP contribution in [0, 0.1) is 11.3 Å². The van der Waals surface area contributed by atoms with Gasteiger partial charge in [-0.2, -0.15) is 5.26 Å². The van der Waals surface area contributed by atoms with Crippen LogP contribution in [0.5, 0.6) is 0 Å². The molecule has 10 rings (SSSR count). The summed E-state index contributed by atoms with van der Waals surface area (Å²) in [6, 6.07) is 64.1. The van der Waals surface area contributed by atoms with Gasteiger partial charge in [-0.3, -0.25) is 0 Å². The Morgan fingerprint density at radius 1 is 0.382 bits per heavy atom. The molecule has 0 spiro atoms. The molecule has 2 aromatic heterocycles. The largest absolute Gasteiger partial charge is 0.456 e. The Labute approximate surface area is 317 Å². The average molecular weight is 703 g/mol. The molecule has 0 aliphatic carbocycles. The molecule has 0 saturated carbocycles. The molecule has 5 heteroatoms. The smallest absolute Gasteiger partial charge is 0.164 e. The van der Waals surface area contributed by atoms with Crippen molar-refractivity contribution in [1.29, 1.82) is 5.26 Å². The summed E-state index contributed by atoms with van der Waals surface area (Å²) in [5, 5.41) is 13.7. The van der Waals surface area contributed by atoms with Crippen molar-refractivity contribution in [2.45, 2.75) is 0 Å². The van der Waals surface area contributed by atoms with Crippen LogP contribution in [0.25, 0.3) is 100 Å². The molecule has 0 amide bonds. The van der Waals surface area contributed by atoms with Crippen molar-refractivity contribution < 1.29 is 4.42 Å². The Kier molecular flexibility index (Phi) is 7.79. The Hall–Kier alpha value is -7.68. The quantitative estimate of drug-likeness (QED) is 0.172. The van der Waals surface area contributed by atoms with Gasteiger partial charge >= 0.3 is 0 Å². The van der Waals surface area contributed by atoms with Gasteiger partial charge in [0.05, 0.1) is 11.6 Å². The Bertz CT molecular complexity index is 3090. The summed E-state index contributed by atoms with van der Waals surface area (Å²) < 4.78 is 6.54. The third-order valence-corrected chi connectivity index (χ3v) is 10.2. The first kappa shape index (κ1) is 32.0. The van der Waals surface area contributed by atoms with Gasteiger partial charge < -0.3 is 4.42 Å². The van der Waals surface area contributed by atoms with Crippen LogP contribution in [0.15, 0.2) is 186 Å². The first-order chi connectivity index (χ1) is 27.2. The van der Waals surface area contributed by atoms with Crippen molar-refractivity contribution in [2.24, 2.45) is 0 Å².